The number of piperidine rings is 1. The lowest BCUT2D eigenvalue weighted by Gasteiger charge is -2.37. The van der Waals surface area contributed by atoms with E-state index in [2.05, 4.69) is 6.92 Å². The van der Waals surface area contributed by atoms with Crippen molar-refractivity contribution in [1.29, 1.82) is 0 Å². The predicted molar refractivity (Wildman–Crippen MR) is 90.5 cm³/mol. The molecule has 3 rings (SSSR count). The molecule has 2 aliphatic heterocycles. The van der Waals surface area contributed by atoms with Gasteiger partial charge >= 0.3 is 5.97 Å². The number of hydrogen-bond donors (Lipinski definition) is 0. The Morgan fingerprint density at radius 2 is 1.83 bits per heavy atom. The lowest BCUT2D eigenvalue weighted by atomic mass is 9.91. The molecule has 2 aliphatic rings. The molecule has 0 bridgehead atoms. The fourth-order valence-corrected chi connectivity index (χ4v) is 5.11. The van der Waals surface area contributed by atoms with Gasteiger partial charge in [-0.25, -0.2) is 0 Å². The molecule has 0 aromatic heterocycles. The summed E-state index contributed by atoms with van der Waals surface area (Å²) in [5, 5.41) is 0. The molecule has 132 valence electrons. The summed E-state index contributed by atoms with van der Waals surface area (Å²) in [5.74, 6) is -0.408. The van der Waals surface area contributed by atoms with Crippen molar-refractivity contribution in [2.75, 3.05) is 26.7 Å². The minimum Gasteiger partial charge on any atom is -0.469 e. The third-order valence-corrected chi connectivity index (χ3v) is 6.99. The van der Waals surface area contributed by atoms with Gasteiger partial charge in [-0.15, -0.1) is 0 Å². The van der Waals surface area contributed by atoms with E-state index in [1.165, 1.54) is 11.4 Å². The molecule has 1 atom stereocenters. The predicted octanol–water partition coefficient (Wildman–Crippen LogP) is 1.74. The second kappa shape index (κ2) is 6.82. The van der Waals surface area contributed by atoms with Crippen LogP contribution in [0.2, 0.25) is 0 Å². The highest BCUT2D eigenvalue weighted by molar-refractivity contribution is 7.86. The third-order valence-electron chi connectivity index (χ3n) is 5.04. The van der Waals surface area contributed by atoms with Crippen LogP contribution in [0.1, 0.15) is 36.8 Å². The second-order valence-corrected chi connectivity index (χ2v) is 8.58. The Balaban J connectivity index is 1.88. The van der Waals surface area contributed by atoms with E-state index in [9.17, 15) is 13.2 Å². The molecule has 24 heavy (non-hydrogen) atoms. The van der Waals surface area contributed by atoms with E-state index >= 15 is 0 Å². The van der Waals surface area contributed by atoms with Gasteiger partial charge in [0.25, 0.3) is 10.2 Å². The number of rotatable bonds is 3. The van der Waals surface area contributed by atoms with Crippen molar-refractivity contribution in [3.05, 3.63) is 35.4 Å². The van der Waals surface area contributed by atoms with Crippen LogP contribution in [0.25, 0.3) is 0 Å². The van der Waals surface area contributed by atoms with Crippen LogP contribution in [0.3, 0.4) is 0 Å². The summed E-state index contributed by atoms with van der Waals surface area (Å²) >= 11 is 0. The molecule has 1 unspecified atom stereocenters. The van der Waals surface area contributed by atoms with E-state index in [1.54, 1.807) is 4.31 Å². The summed E-state index contributed by atoms with van der Waals surface area (Å²) in [6, 6.07) is 7.49. The number of methoxy groups -OCH3 is 1. The molecule has 2 heterocycles. The molecule has 0 saturated carbocycles. The van der Waals surface area contributed by atoms with Gasteiger partial charge in [-0.2, -0.15) is 17.0 Å². The third kappa shape index (κ3) is 3.20. The van der Waals surface area contributed by atoms with Gasteiger partial charge in [0.05, 0.1) is 13.0 Å². The van der Waals surface area contributed by atoms with Gasteiger partial charge in [-0.3, -0.25) is 4.79 Å². The average Bonchev–Trinajstić information content (AvgIpc) is 2.60. The molecule has 7 heteroatoms. The Labute approximate surface area is 143 Å². The first kappa shape index (κ1) is 17.4. The maximum absolute atomic E-state index is 13.0. The van der Waals surface area contributed by atoms with Crippen LogP contribution in [0, 0.1) is 5.92 Å². The fraction of sp³-hybridized carbons (Fsp3) is 0.588. The maximum Gasteiger partial charge on any atom is 0.314 e. The fourth-order valence-electron chi connectivity index (χ4n) is 3.47. The van der Waals surface area contributed by atoms with Crippen LogP contribution < -0.4 is 0 Å². The quantitative estimate of drug-likeness (QED) is 0.777. The normalized spacial score (nSPS) is 23.7. The molecule has 0 N–H and O–H groups in total. The zero-order valence-corrected chi connectivity index (χ0v) is 15.0. The number of carbonyl (C=O) groups is 1. The molecule has 1 saturated heterocycles. The van der Waals surface area contributed by atoms with Crippen LogP contribution >= 0.6 is 0 Å². The summed E-state index contributed by atoms with van der Waals surface area (Å²) in [6.45, 7) is 3.68. The number of hydrogen-bond acceptors (Lipinski definition) is 4. The minimum atomic E-state index is -3.57. The monoisotopic (exact) mass is 352 g/mol. The van der Waals surface area contributed by atoms with Crippen molar-refractivity contribution in [1.82, 2.24) is 8.61 Å². The van der Waals surface area contributed by atoms with Gasteiger partial charge in [0.1, 0.15) is 0 Å². The summed E-state index contributed by atoms with van der Waals surface area (Å²) in [4.78, 5) is 12.2. The van der Waals surface area contributed by atoms with Gasteiger partial charge in [0, 0.05) is 26.2 Å². The summed E-state index contributed by atoms with van der Waals surface area (Å²) < 4.78 is 33.9. The van der Waals surface area contributed by atoms with Crippen molar-refractivity contribution in [2.45, 2.75) is 32.2 Å². The second-order valence-electron chi connectivity index (χ2n) is 6.66. The summed E-state index contributed by atoms with van der Waals surface area (Å²) in [7, 11) is -2.23. The standard InChI is InChI=1S/C17H24N2O4S/c1-13-7-9-18(10-8-13)24(21,22)19-11-14-5-3-4-6-15(14)16(12-19)17(20)23-2/h3-6,13,16H,7-12H2,1-2H3. The van der Waals surface area contributed by atoms with Gasteiger partial charge < -0.3 is 4.74 Å². The highest BCUT2D eigenvalue weighted by atomic mass is 32.2. The lowest BCUT2D eigenvalue weighted by Crippen LogP contribution is -2.50. The Bertz CT molecular complexity index is 711. The molecule has 6 nitrogen and oxygen atoms in total. The first-order valence-electron chi connectivity index (χ1n) is 8.34. The summed E-state index contributed by atoms with van der Waals surface area (Å²) in [5.41, 5.74) is 1.73. The number of esters is 1. The van der Waals surface area contributed by atoms with Crippen LogP contribution in [0.5, 0.6) is 0 Å². The Hall–Kier alpha value is -1.44. The van der Waals surface area contributed by atoms with Gasteiger partial charge in [0.2, 0.25) is 0 Å². The van der Waals surface area contributed by atoms with Crippen molar-refractivity contribution in [2.24, 2.45) is 5.92 Å². The number of nitrogens with zero attached hydrogens (tertiary/aromatic N) is 2. The Morgan fingerprint density at radius 1 is 1.17 bits per heavy atom. The molecule has 0 aliphatic carbocycles. The smallest absolute Gasteiger partial charge is 0.314 e. The Morgan fingerprint density at radius 3 is 2.50 bits per heavy atom. The van der Waals surface area contributed by atoms with E-state index in [-0.39, 0.29) is 6.54 Å². The van der Waals surface area contributed by atoms with Crippen molar-refractivity contribution >= 4 is 16.2 Å². The van der Waals surface area contributed by atoms with E-state index in [0.717, 1.165) is 24.0 Å². The molecule has 1 aromatic carbocycles. The zero-order valence-electron chi connectivity index (χ0n) is 14.1. The van der Waals surface area contributed by atoms with E-state index < -0.39 is 22.1 Å². The van der Waals surface area contributed by atoms with Crippen molar-refractivity contribution < 1.29 is 17.9 Å². The SMILES string of the molecule is COC(=O)C1CN(S(=O)(=O)N2CCC(C)CC2)Cc2ccccc21. The number of carbonyl (C=O) groups excluding carboxylic acids is 1. The van der Waals surface area contributed by atoms with Gasteiger partial charge in [0.15, 0.2) is 0 Å². The number of fused-ring (bicyclic) bond motifs is 1. The molecule has 0 radical (unpaired) electrons. The van der Waals surface area contributed by atoms with Crippen LogP contribution in [-0.4, -0.2) is 49.7 Å². The van der Waals surface area contributed by atoms with Crippen LogP contribution in [0.15, 0.2) is 24.3 Å². The number of ether oxygens (including phenoxy) is 1. The molecular formula is C17H24N2O4S. The molecule has 1 fully saturated rings. The summed E-state index contributed by atoms with van der Waals surface area (Å²) in [6.07, 6.45) is 1.76. The van der Waals surface area contributed by atoms with Gasteiger partial charge in [-0.1, -0.05) is 31.2 Å². The van der Waals surface area contributed by atoms with Crippen molar-refractivity contribution in [3.8, 4) is 0 Å². The molecular weight excluding hydrogens is 328 g/mol. The van der Waals surface area contributed by atoms with E-state index in [0.29, 0.717) is 25.6 Å². The Kier molecular flexibility index (Phi) is 4.94. The average molecular weight is 352 g/mol. The van der Waals surface area contributed by atoms with Crippen molar-refractivity contribution in [3.63, 3.8) is 0 Å². The highest BCUT2D eigenvalue weighted by Gasteiger charge is 2.39. The largest absolute Gasteiger partial charge is 0.469 e. The first-order chi connectivity index (χ1) is 11.4. The maximum atomic E-state index is 13.0. The van der Waals surface area contributed by atoms with Crippen LogP contribution in [-0.2, 0) is 26.3 Å². The van der Waals surface area contributed by atoms with E-state index in [1.807, 2.05) is 24.3 Å². The van der Waals surface area contributed by atoms with Gasteiger partial charge in [-0.05, 0) is 29.9 Å². The van der Waals surface area contributed by atoms with E-state index in [4.69, 9.17) is 4.74 Å². The lowest BCUT2D eigenvalue weighted by molar-refractivity contribution is -0.142. The van der Waals surface area contributed by atoms with Crippen LogP contribution in [0.4, 0.5) is 0 Å². The molecule has 1 aromatic rings. The highest BCUT2D eigenvalue weighted by Crippen LogP contribution is 2.32. The number of benzene rings is 1. The molecule has 0 spiro atoms. The minimum absolute atomic E-state index is 0.137. The topological polar surface area (TPSA) is 66.9 Å². The molecule has 0 amide bonds. The zero-order chi connectivity index (χ0) is 17.3. The first-order valence-corrected chi connectivity index (χ1v) is 9.74.